The van der Waals surface area contributed by atoms with Gasteiger partial charge in [-0.15, -0.1) is 0 Å². The fourth-order valence-corrected chi connectivity index (χ4v) is 1.33. The summed E-state index contributed by atoms with van der Waals surface area (Å²) in [5.41, 5.74) is 2.13. The minimum atomic E-state index is -0.599. The van der Waals surface area contributed by atoms with Crippen LogP contribution in [-0.4, -0.2) is 33.4 Å². The molecule has 1 amide bonds. The predicted molar refractivity (Wildman–Crippen MR) is 71.4 cm³/mol. The second kappa shape index (κ2) is 7.19. The van der Waals surface area contributed by atoms with E-state index in [-0.39, 0.29) is 23.4 Å². The fourth-order valence-electron chi connectivity index (χ4n) is 1.33. The van der Waals surface area contributed by atoms with Gasteiger partial charge < -0.3 is 10.2 Å². The largest absolute Gasteiger partial charge is 0.507 e. The Kier molecular flexibility index (Phi) is 5.60. The summed E-state index contributed by atoms with van der Waals surface area (Å²) in [7, 11) is 0. The smallest absolute Gasteiger partial charge is 0.270 e. The standard InChI is InChI=1S/C12H15N3O5/c1-8(16)2-5-12(18)14-13-7-9-6-10(15(19)20)3-4-11(9)17/h3-4,6-8,16-17H,2,5H2,1H3,(H,14,18)/b13-7-/t8-/m0/s1. The summed E-state index contributed by atoms with van der Waals surface area (Å²) in [6.07, 6.45) is 0.952. The van der Waals surface area contributed by atoms with Crippen molar-refractivity contribution in [3.8, 4) is 5.75 Å². The van der Waals surface area contributed by atoms with Crippen LogP contribution in [0.3, 0.4) is 0 Å². The van der Waals surface area contributed by atoms with E-state index in [2.05, 4.69) is 10.5 Å². The van der Waals surface area contributed by atoms with Crippen molar-refractivity contribution in [2.45, 2.75) is 25.9 Å². The molecule has 1 aromatic carbocycles. The lowest BCUT2D eigenvalue weighted by molar-refractivity contribution is -0.384. The summed E-state index contributed by atoms with van der Waals surface area (Å²) >= 11 is 0. The third-order valence-corrected chi connectivity index (χ3v) is 2.40. The van der Waals surface area contributed by atoms with Crippen molar-refractivity contribution in [3.05, 3.63) is 33.9 Å². The Balaban J connectivity index is 2.64. The van der Waals surface area contributed by atoms with Gasteiger partial charge in [-0.05, 0) is 19.4 Å². The number of carbonyl (C=O) groups is 1. The lowest BCUT2D eigenvalue weighted by atomic mass is 10.2. The summed E-state index contributed by atoms with van der Waals surface area (Å²) in [6, 6.07) is 3.48. The van der Waals surface area contributed by atoms with Gasteiger partial charge in [0.05, 0.1) is 17.2 Å². The Morgan fingerprint density at radius 2 is 2.30 bits per heavy atom. The highest BCUT2D eigenvalue weighted by atomic mass is 16.6. The average molecular weight is 281 g/mol. The molecular weight excluding hydrogens is 266 g/mol. The zero-order chi connectivity index (χ0) is 15.1. The summed E-state index contributed by atoms with van der Waals surface area (Å²) in [4.78, 5) is 21.3. The molecule has 0 unspecified atom stereocenters. The molecule has 0 saturated heterocycles. The van der Waals surface area contributed by atoms with Crippen LogP contribution in [0, 0.1) is 10.1 Å². The molecule has 8 heteroatoms. The van der Waals surface area contributed by atoms with Crippen molar-refractivity contribution in [3.63, 3.8) is 0 Å². The number of aromatic hydroxyl groups is 1. The number of hydrazone groups is 1. The van der Waals surface area contributed by atoms with Gasteiger partial charge in [0.15, 0.2) is 0 Å². The van der Waals surface area contributed by atoms with E-state index >= 15 is 0 Å². The molecule has 0 aromatic heterocycles. The second-order valence-corrected chi connectivity index (χ2v) is 4.18. The number of nitro groups is 1. The van der Waals surface area contributed by atoms with Gasteiger partial charge in [-0.2, -0.15) is 5.10 Å². The topological polar surface area (TPSA) is 125 Å². The third-order valence-electron chi connectivity index (χ3n) is 2.40. The molecule has 0 saturated carbocycles. The number of carbonyl (C=O) groups excluding carboxylic acids is 1. The maximum atomic E-state index is 11.3. The number of aliphatic hydroxyl groups is 1. The number of hydrogen-bond donors (Lipinski definition) is 3. The number of nitro benzene ring substituents is 1. The van der Waals surface area contributed by atoms with Gasteiger partial charge in [-0.1, -0.05) is 0 Å². The molecule has 0 aliphatic heterocycles. The molecule has 0 aliphatic rings. The van der Waals surface area contributed by atoms with Crippen LogP contribution in [0.25, 0.3) is 0 Å². The van der Waals surface area contributed by atoms with E-state index in [0.29, 0.717) is 6.42 Å². The maximum Gasteiger partial charge on any atom is 0.270 e. The molecule has 1 atom stereocenters. The van der Waals surface area contributed by atoms with Crippen molar-refractivity contribution >= 4 is 17.8 Å². The summed E-state index contributed by atoms with van der Waals surface area (Å²) in [5.74, 6) is -0.579. The lowest BCUT2D eigenvalue weighted by Crippen LogP contribution is -2.18. The Labute approximate surface area is 114 Å². The van der Waals surface area contributed by atoms with Gasteiger partial charge in [-0.3, -0.25) is 14.9 Å². The van der Waals surface area contributed by atoms with Crippen LogP contribution in [0.2, 0.25) is 0 Å². The molecular formula is C12H15N3O5. The number of rotatable bonds is 6. The maximum absolute atomic E-state index is 11.3. The second-order valence-electron chi connectivity index (χ2n) is 4.18. The first-order valence-electron chi connectivity index (χ1n) is 5.87. The Morgan fingerprint density at radius 3 is 2.90 bits per heavy atom. The average Bonchev–Trinajstić information content (AvgIpc) is 2.38. The molecule has 1 aromatic rings. The van der Waals surface area contributed by atoms with Gasteiger partial charge >= 0.3 is 0 Å². The van der Waals surface area contributed by atoms with Crippen LogP contribution in [-0.2, 0) is 4.79 Å². The third kappa shape index (κ3) is 5.02. The van der Waals surface area contributed by atoms with Crippen LogP contribution in [0.15, 0.2) is 23.3 Å². The molecule has 0 bridgehead atoms. The normalized spacial score (nSPS) is 12.3. The predicted octanol–water partition coefficient (Wildman–Crippen LogP) is 0.911. The molecule has 0 spiro atoms. The first-order valence-corrected chi connectivity index (χ1v) is 5.87. The van der Waals surface area contributed by atoms with Gasteiger partial charge in [0.1, 0.15) is 5.75 Å². The van der Waals surface area contributed by atoms with Crippen LogP contribution in [0.5, 0.6) is 5.75 Å². The Hall–Kier alpha value is -2.48. The monoisotopic (exact) mass is 281 g/mol. The first kappa shape index (κ1) is 15.6. The number of amides is 1. The van der Waals surface area contributed by atoms with Gasteiger partial charge in [0.25, 0.3) is 5.69 Å². The highest BCUT2D eigenvalue weighted by molar-refractivity contribution is 5.86. The van der Waals surface area contributed by atoms with E-state index in [4.69, 9.17) is 5.11 Å². The number of aliphatic hydroxyl groups excluding tert-OH is 1. The van der Waals surface area contributed by atoms with E-state index < -0.39 is 16.9 Å². The minimum absolute atomic E-state index is 0.107. The molecule has 0 radical (unpaired) electrons. The summed E-state index contributed by atoms with van der Waals surface area (Å²) in [5, 5.41) is 32.7. The van der Waals surface area contributed by atoms with Crippen molar-refractivity contribution in [2.75, 3.05) is 0 Å². The van der Waals surface area contributed by atoms with Crippen molar-refractivity contribution in [1.82, 2.24) is 5.43 Å². The summed E-state index contributed by atoms with van der Waals surface area (Å²) in [6.45, 7) is 1.57. The highest BCUT2D eigenvalue weighted by Gasteiger charge is 2.09. The SMILES string of the molecule is C[C@H](O)CCC(=O)N/N=C\c1cc([N+](=O)[O-])ccc1O. The molecule has 1 rings (SSSR count). The number of hydrogen-bond acceptors (Lipinski definition) is 6. The number of benzene rings is 1. The molecule has 108 valence electrons. The van der Waals surface area contributed by atoms with E-state index in [0.717, 1.165) is 18.3 Å². The Morgan fingerprint density at radius 1 is 1.60 bits per heavy atom. The van der Waals surface area contributed by atoms with E-state index in [1.165, 1.54) is 6.07 Å². The zero-order valence-corrected chi connectivity index (χ0v) is 10.8. The number of non-ortho nitro benzene ring substituents is 1. The lowest BCUT2D eigenvalue weighted by Gasteiger charge is -2.02. The molecule has 0 heterocycles. The number of nitrogens with one attached hydrogen (secondary N) is 1. The fraction of sp³-hybridized carbons (Fsp3) is 0.333. The van der Waals surface area contributed by atoms with Crippen LogP contribution in [0.1, 0.15) is 25.3 Å². The Bertz CT molecular complexity index is 528. The molecule has 20 heavy (non-hydrogen) atoms. The summed E-state index contributed by atoms with van der Waals surface area (Å²) < 4.78 is 0. The number of phenols is 1. The van der Waals surface area contributed by atoms with Crippen LogP contribution in [0.4, 0.5) is 5.69 Å². The van der Waals surface area contributed by atoms with Gasteiger partial charge in [0.2, 0.25) is 5.91 Å². The van der Waals surface area contributed by atoms with Gasteiger partial charge in [-0.25, -0.2) is 5.43 Å². The van der Waals surface area contributed by atoms with Crippen molar-refractivity contribution < 1.29 is 19.9 Å². The van der Waals surface area contributed by atoms with Crippen LogP contribution >= 0.6 is 0 Å². The molecule has 0 fully saturated rings. The van der Waals surface area contributed by atoms with E-state index in [9.17, 15) is 20.0 Å². The van der Waals surface area contributed by atoms with E-state index in [1.54, 1.807) is 6.92 Å². The minimum Gasteiger partial charge on any atom is -0.507 e. The number of nitrogens with zero attached hydrogens (tertiary/aromatic N) is 2. The molecule has 0 aliphatic carbocycles. The van der Waals surface area contributed by atoms with E-state index in [1.807, 2.05) is 0 Å². The quantitative estimate of drug-likeness (QED) is 0.406. The van der Waals surface area contributed by atoms with Crippen molar-refractivity contribution in [1.29, 1.82) is 0 Å². The number of phenolic OH excluding ortho intramolecular Hbond substituents is 1. The van der Waals surface area contributed by atoms with Crippen LogP contribution < -0.4 is 5.43 Å². The molecule has 3 N–H and O–H groups in total. The highest BCUT2D eigenvalue weighted by Crippen LogP contribution is 2.21. The first-order chi connectivity index (χ1) is 9.40. The molecule has 8 nitrogen and oxygen atoms in total. The van der Waals surface area contributed by atoms with Crippen molar-refractivity contribution in [2.24, 2.45) is 5.10 Å². The zero-order valence-electron chi connectivity index (χ0n) is 10.8. The van der Waals surface area contributed by atoms with Gasteiger partial charge in [0, 0.05) is 24.1 Å².